The lowest BCUT2D eigenvalue weighted by molar-refractivity contribution is 0.0161. The van der Waals surface area contributed by atoms with Crippen LogP contribution in [0.15, 0.2) is 66.7 Å². The highest BCUT2D eigenvalue weighted by molar-refractivity contribution is 5.94. The quantitative estimate of drug-likeness (QED) is 0.746. The van der Waals surface area contributed by atoms with Gasteiger partial charge < -0.3 is 9.64 Å². The van der Waals surface area contributed by atoms with Crippen molar-refractivity contribution < 1.29 is 9.53 Å². The second-order valence-corrected chi connectivity index (χ2v) is 5.66. The third kappa shape index (κ3) is 2.75. The van der Waals surface area contributed by atoms with Gasteiger partial charge in [0.05, 0.1) is 18.6 Å². The molecule has 0 spiro atoms. The minimum Gasteiger partial charge on any atom is -0.471 e. The molecule has 4 rings (SSSR count). The van der Waals surface area contributed by atoms with E-state index in [0.29, 0.717) is 19.0 Å². The second kappa shape index (κ2) is 5.72. The van der Waals surface area contributed by atoms with Crippen molar-refractivity contribution in [2.45, 2.75) is 6.10 Å². The summed E-state index contributed by atoms with van der Waals surface area (Å²) in [5, 5.41) is 1.09. The minimum absolute atomic E-state index is 0.0105. The summed E-state index contributed by atoms with van der Waals surface area (Å²) in [4.78, 5) is 18.5. The van der Waals surface area contributed by atoms with E-state index in [1.807, 2.05) is 66.7 Å². The molecule has 23 heavy (non-hydrogen) atoms. The average Bonchev–Trinajstić information content (AvgIpc) is 2.58. The van der Waals surface area contributed by atoms with Crippen LogP contribution < -0.4 is 4.74 Å². The van der Waals surface area contributed by atoms with Crippen molar-refractivity contribution in [2.24, 2.45) is 0 Å². The van der Waals surface area contributed by atoms with Gasteiger partial charge in [-0.25, -0.2) is 4.98 Å². The van der Waals surface area contributed by atoms with Gasteiger partial charge in [0.2, 0.25) is 5.88 Å². The maximum atomic E-state index is 12.3. The Balaban J connectivity index is 1.39. The Hall–Kier alpha value is -2.88. The number of rotatable bonds is 3. The van der Waals surface area contributed by atoms with Gasteiger partial charge in [-0.1, -0.05) is 36.4 Å². The Morgan fingerprint density at radius 2 is 1.70 bits per heavy atom. The molecule has 0 aliphatic carbocycles. The predicted molar refractivity (Wildman–Crippen MR) is 88.5 cm³/mol. The van der Waals surface area contributed by atoms with E-state index >= 15 is 0 Å². The Labute approximate surface area is 134 Å². The molecule has 4 nitrogen and oxygen atoms in total. The van der Waals surface area contributed by atoms with E-state index in [0.717, 1.165) is 16.5 Å². The molecule has 2 heterocycles. The molecule has 4 heteroatoms. The number of hydrogen-bond donors (Lipinski definition) is 0. The summed E-state index contributed by atoms with van der Waals surface area (Å²) in [7, 11) is 0. The zero-order valence-corrected chi connectivity index (χ0v) is 12.6. The molecular weight excluding hydrogens is 288 g/mol. The first kappa shape index (κ1) is 13.8. The molecule has 0 bridgehead atoms. The van der Waals surface area contributed by atoms with Crippen LogP contribution in [0.5, 0.6) is 5.88 Å². The number of fused-ring (bicyclic) bond motifs is 1. The van der Waals surface area contributed by atoms with Crippen LogP contribution in [0, 0.1) is 0 Å². The lowest BCUT2D eigenvalue weighted by atomic mass is 10.1. The van der Waals surface area contributed by atoms with Crippen molar-refractivity contribution in [2.75, 3.05) is 13.1 Å². The third-order valence-corrected chi connectivity index (χ3v) is 4.02. The molecule has 0 saturated carbocycles. The summed E-state index contributed by atoms with van der Waals surface area (Å²) < 4.78 is 5.87. The van der Waals surface area contributed by atoms with Crippen molar-refractivity contribution in [3.63, 3.8) is 0 Å². The number of aromatic nitrogens is 1. The molecule has 1 aliphatic rings. The summed E-state index contributed by atoms with van der Waals surface area (Å²) in [6.45, 7) is 1.20. The first-order valence-corrected chi connectivity index (χ1v) is 7.66. The van der Waals surface area contributed by atoms with Crippen molar-refractivity contribution in [1.82, 2.24) is 9.88 Å². The molecule has 3 aromatic rings. The first-order valence-electron chi connectivity index (χ1n) is 7.66. The van der Waals surface area contributed by atoms with E-state index in [-0.39, 0.29) is 12.0 Å². The van der Waals surface area contributed by atoms with Gasteiger partial charge in [-0.05, 0) is 24.3 Å². The van der Waals surface area contributed by atoms with Gasteiger partial charge in [0, 0.05) is 17.0 Å². The largest absolute Gasteiger partial charge is 0.471 e. The van der Waals surface area contributed by atoms with Crippen LogP contribution in [0.2, 0.25) is 0 Å². The second-order valence-electron chi connectivity index (χ2n) is 5.66. The molecule has 0 N–H and O–H groups in total. The van der Waals surface area contributed by atoms with Gasteiger partial charge in [-0.3, -0.25) is 4.79 Å². The number of likely N-dealkylation sites (tertiary alicyclic amines) is 1. The molecule has 1 saturated heterocycles. The van der Waals surface area contributed by atoms with E-state index < -0.39 is 0 Å². The standard InChI is InChI=1S/C19H16N2O2/c22-19(15-7-2-1-3-8-15)21-12-16(13-21)23-18-11-10-14-6-4-5-9-17(14)20-18/h1-11,16H,12-13H2. The van der Waals surface area contributed by atoms with Gasteiger partial charge in [-0.15, -0.1) is 0 Å². The number of benzene rings is 2. The van der Waals surface area contributed by atoms with E-state index in [4.69, 9.17) is 4.74 Å². The molecule has 0 atom stereocenters. The van der Waals surface area contributed by atoms with Crippen LogP contribution in [-0.4, -0.2) is 35.0 Å². The molecule has 1 aromatic heterocycles. The fourth-order valence-electron chi connectivity index (χ4n) is 2.73. The average molecular weight is 304 g/mol. The number of para-hydroxylation sites is 1. The lowest BCUT2D eigenvalue weighted by Gasteiger charge is -2.38. The number of hydrogen-bond acceptors (Lipinski definition) is 3. The molecule has 1 amide bonds. The number of amides is 1. The number of pyridine rings is 1. The fraction of sp³-hybridized carbons (Fsp3) is 0.158. The topological polar surface area (TPSA) is 42.4 Å². The molecule has 1 aliphatic heterocycles. The molecule has 0 unspecified atom stereocenters. The number of ether oxygens (including phenoxy) is 1. The van der Waals surface area contributed by atoms with Crippen molar-refractivity contribution in [1.29, 1.82) is 0 Å². The molecule has 1 fully saturated rings. The van der Waals surface area contributed by atoms with Crippen LogP contribution in [0.3, 0.4) is 0 Å². The monoisotopic (exact) mass is 304 g/mol. The Morgan fingerprint density at radius 1 is 0.957 bits per heavy atom. The van der Waals surface area contributed by atoms with Crippen LogP contribution in [-0.2, 0) is 0 Å². The van der Waals surface area contributed by atoms with E-state index in [9.17, 15) is 4.79 Å². The van der Waals surface area contributed by atoms with Crippen LogP contribution in [0.4, 0.5) is 0 Å². The van der Waals surface area contributed by atoms with E-state index in [1.54, 1.807) is 4.90 Å². The van der Waals surface area contributed by atoms with Crippen LogP contribution in [0.25, 0.3) is 10.9 Å². The zero-order chi connectivity index (χ0) is 15.6. The minimum atomic E-state index is 0.0105. The van der Waals surface area contributed by atoms with E-state index in [2.05, 4.69) is 4.98 Å². The molecule has 0 radical (unpaired) electrons. The van der Waals surface area contributed by atoms with Gasteiger partial charge in [0.25, 0.3) is 5.91 Å². The van der Waals surface area contributed by atoms with Crippen molar-refractivity contribution >= 4 is 16.8 Å². The number of carbonyl (C=O) groups excluding carboxylic acids is 1. The highest BCUT2D eigenvalue weighted by Crippen LogP contribution is 2.21. The maximum absolute atomic E-state index is 12.3. The Kier molecular flexibility index (Phi) is 3.42. The maximum Gasteiger partial charge on any atom is 0.254 e. The predicted octanol–water partition coefficient (Wildman–Crippen LogP) is 3.14. The summed E-state index contributed by atoms with van der Waals surface area (Å²) in [5.74, 6) is 0.664. The highest BCUT2D eigenvalue weighted by atomic mass is 16.5. The highest BCUT2D eigenvalue weighted by Gasteiger charge is 2.32. The molecule has 114 valence electrons. The van der Waals surface area contributed by atoms with Gasteiger partial charge in [0.15, 0.2) is 0 Å². The SMILES string of the molecule is O=C(c1ccccc1)N1CC(Oc2ccc3ccccc3n2)C1. The third-order valence-electron chi connectivity index (χ3n) is 4.02. The summed E-state index contributed by atoms with van der Waals surface area (Å²) in [6.07, 6.45) is 0.0105. The van der Waals surface area contributed by atoms with Gasteiger partial charge in [-0.2, -0.15) is 0 Å². The lowest BCUT2D eigenvalue weighted by Crippen LogP contribution is -2.56. The Morgan fingerprint density at radius 3 is 2.52 bits per heavy atom. The normalized spacial score (nSPS) is 14.5. The number of nitrogens with zero attached hydrogens (tertiary/aromatic N) is 2. The first-order chi connectivity index (χ1) is 11.3. The van der Waals surface area contributed by atoms with Crippen molar-refractivity contribution in [3.8, 4) is 5.88 Å². The zero-order valence-electron chi connectivity index (χ0n) is 12.6. The summed E-state index contributed by atoms with van der Waals surface area (Å²) >= 11 is 0. The smallest absolute Gasteiger partial charge is 0.254 e. The van der Waals surface area contributed by atoms with Crippen LogP contribution in [0.1, 0.15) is 10.4 Å². The summed E-state index contributed by atoms with van der Waals surface area (Å²) in [5.41, 5.74) is 1.64. The van der Waals surface area contributed by atoms with Crippen molar-refractivity contribution in [3.05, 3.63) is 72.3 Å². The van der Waals surface area contributed by atoms with Gasteiger partial charge in [0.1, 0.15) is 6.10 Å². The van der Waals surface area contributed by atoms with Gasteiger partial charge >= 0.3 is 0 Å². The number of carbonyl (C=O) groups is 1. The molecular formula is C19H16N2O2. The molecule has 2 aromatic carbocycles. The fourth-order valence-corrected chi connectivity index (χ4v) is 2.73. The van der Waals surface area contributed by atoms with E-state index in [1.165, 1.54) is 0 Å². The van der Waals surface area contributed by atoms with Crippen LogP contribution >= 0.6 is 0 Å². The summed E-state index contributed by atoms with van der Waals surface area (Å²) in [6, 6.07) is 21.1. The Bertz CT molecular complexity index is 842.